The topological polar surface area (TPSA) is 98.8 Å². The molecule has 3 N–H and O–H groups in total. The molecule has 1 unspecified atom stereocenters. The molecule has 0 saturated carbocycles. The summed E-state index contributed by atoms with van der Waals surface area (Å²) in [6.07, 6.45) is 1.72. The number of nitrogens with zero attached hydrogens (tertiary/aromatic N) is 2. The number of amidine groups is 1. The number of nitrogens with one attached hydrogen (secondary N) is 1. The highest BCUT2D eigenvalue weighted by molar-refractivity contribution is 6.02. The number of amides is 1. The van der Waals surface area contributed by atoms with Crippen LogP contribution < -0.4 is 15.8 Å². The summed E-state index contributed by atoms with van der Waals surface area (Å²) in [6, 6.07) is 4.47. The van der Waals surface area contributed by atoms with Gasteiger partial charge in [-0.3, -0.25) is 4.79 Å². The van der Waals surface area contributed by atoms with Crippen molar-refractivity contribution in [2.75, 3.05) is 19.0 Å². The average molecular weight is 422 g/mol. The summed E-state index contributed by atoms with van der Waals surface area (Å²) in [6.45, 7) is 8.24. The number of benzene rings is 1. The van der Waals surface area contributed by atoms with Crippen LogP contribution in [0.3, 0.4) is 0 Å². The summed E-state index contributed by atoms with van der Waals surface area (Å²) >= 11 is 0. The van der Waals surface area contributed by atoms with Gasteiger partial charge >= 0.3 is 0 Å². The van der Waals surface area contributed by atoms with Crippen LogP contribution in [0.4, 0.5) is 14.5 Å². The molecule has 0 fully saturated rings. The van der Waals surface area contributed by atoms with Gasteiger partial charge in [-0.05, 0) is 18.2 Å². The number of aromatic nitrogens is 1. The second-order valence-electron chi connectivity index (χ2n) is 5.52. The molecule has 1 aliphatic heterocycles. The molecule has 0 aliphatic carbocycles. The van der Waals surface area contributed by atoms with Crippen molar-refractivity contribution < 1.29 is 23.0 Å². The molecule has 1 aliphatic rings. The Kier molecular flexibility index (Phi) is 10.2. The van der Waals surface area contributed by atoms with E-state index < -0.39 is 23.6 Å². The van der Waals surface area contributed by atoms with Gasteiger partial charge in [0.1, 0.15) is 11.4 Å². The molecule has 0 radical (unpaired) electrons. The van der Waals surface area contributed by atoms with Gasteiger partial charge in [0.15, 0.2) is 11.6 Å². The van der Waals surface area contributed by atoms with E-state index in [4.69, 9.17) is 15.2 Å². The number of carbonyl (C=O) groups is 1. The summed E-state index contributed by atoms with van der Waals surface area (Å²) in [4.78, 5) is 20.2. The minimum atomic E-state index is -1.10. The highest BCUT2D eigenvalue weighted by atomic mass is 19.2. The van der Waals surface area contributed by atoms with Crippen molar-refractivity contribution in [2.24, 2.45) is 10.7 Å². The first kappa shape index (κ1) is 24.8. The summed E-state index contributed by atoms with van der Waals surface area (Å²) in [5.74, 6) is -2.21. The van der Waals surface area contributed by atoms with E-state index in [2.05, 4.69) is 15.3 Å². The lowest BCUT2D eigenvalue weighted by Crippen LogP contribution is -2.24. The van der Waals surface area contributed by atoms with Crippen LogP contribution in [0.1, 0.15) is 56.2 Å². The molecule has 30 heavy (non-hydrogen) atoms. The first-order valence-electron chi connectivity index (χ1n) is 9.74. The third-order valence-corrected chi connectivity index (χ3v) is 3.80. The second kappa shape index (κ2) is 12.4. The summed E-state index contributed by atoms with van der Waals surface area (Å²) in [5.41, 5.74) is 5.67. The van der Waals surface area contributed by atoms with Crippen LogP contribution >= 0.6 is 0 Å². The van der Waals surface area contributed by atoms with Crippen LogP contribution in [0.2, 0.25) is 0 Å². The predicted molar refractivity (Wildman–Crippen MR) is 113 cm³/mol. The minimum Gasteiger partial charge on any atom is -0.495 e. The van der Waals surface area contributed by atoms with Crippen LogP contribution in [0.15, 0.2) is 35.5 Å². The molecule has 164 valence electrons. The first-order chi connectivity index (χ1) is 14.5. The molecule has 1 amide bonds. The highest BCUT2D eigenvalue weighted by Gasteiger charge is 2.23. The fourth-order valence-corrected chi connectivity index (χ4v) is 2.51. The van der Waals surface area contributed by atoms with Gasteiger partial charge in [-0.15, -0.1) is 0 Å². The Morgan fingerprint density at radius 2 is 1.93 bits per heavy atom. The number of anilines is 1. The van der Waals surface area contributed by atoms with Gasteiger partial charge in [0.2, 0.25) is 0 Å². The van der Waals surface area contributed by atoms with Crippen LogP contribution in [-0.4, -0.2) is 30.6 Å². The number of halogens is 2. The monoisotopic (exact) mass is 422 g/mol. The van der Waals surface area contributed by atoms with Gasteiger partial charge in [0.05, 0.1) is 26.0 Å². The fourth-order valence-electron chi connectivity index (χ4n) is 2.51. The average Bonchev–Trinajstić information content (AvgIpc) is 2.79. The Morgan fingerprint density at radius 3 is 2.50 bits per heavy atom. The van der Waals surface area contributed by atoms with Gasteiger partial charge in [-0.2, -0.15) is 0 Å². The summed E-state index contributed by atoms with van der Waals surface area (Å²) < 4.78 is 38.1. The fraction of sp³-hybridized carbons (Fsp3) is 0.381. The van der Waals surface area contributed by atoms with E-state index in [-0.39, 0.29) is 29.6 Å². The number of hydrogen-bond acceptors (Lipinski definition) is 6. The third-order valence-electron chi connectivity index (χ3n) is 3.80. The molecule has 1 aromatic carbocycles. The number of aliphatic imine (C=N–C) groups is 1. The lowest BCUT2D eigenvalue weighted by atomic mass is 10.0. The molecule has 0 spiro atoms. The van der Waals surface area contributed by atoms with Crippen molar-refractivity contribution in [2.45, 2.75) is 40.2 Å². The van der Waals surface area contributed by atoms with Crippen LogP contribution in [-0.2, 0) is 4.74 Å². The zero-order valence-electron chi connectivity index (χ0n) is 17.8. The van der Waals surface area contributed by atoms with Gasteiger partial charge in [0.25, 0.3) is 11.9 Å². The van der Waals surface area contributed by atoms with Crippen molar-refractivity contribution in [3.05, 3.63) is 53.4 Å². The zero-order chi connectivity index (χ0) is 22.7. The summed E-state index contributed by atoms with van der Waals surface area (Å²) in [5, 5.41) is 2.49. The maximum absolute atomic E-state index is 14.2. The molecule has 7 nitrogen and oxygen atoms in total. The molecular formula is C21H28F2N4O3. The number of nitrogens with two attached hydrogens (primary N) is 1. The Morgan fingerprint density at radius 1 is 1.23 bits per heavy atom. The van der Waals surface area contributed by atoms with Gasteiger partial charge in [-0.25, -0.2) is 18.8 Å². The maximum atomic E-state index is 14.2. The molecule has 1 atom stereocenters. The Balaban J connectivity index is 0.00000106. The van der Waals surface area contributed by atoms with E-state index in [9.17, 15) is 13.6 Å². The SMILES string of the molecule is CC.CC.COc1ccc(C(=O)Nc2cc(F)c(F)c(C3CCOC(N)=N3)c2)nc1. The maximum Gasteiger partial charge on any atom is 0.282 e. The summed E-state index contributed by atoms with van der Waals surface area (Å²) in [7, 11) is 1.48. The number of carbonyl (C=O) groups excluding carboxylic acids is 1. The van der Waals surface area contributed by atoms with E-state index in [1.807, 2.05) is 27.7 Å². The van der Waals surface area contributed by atoms with Gasteiger partial charge in [0, 0.05) is 23.7 Å². The number of ether oxygens (including phenoxy) is 2. The molecule has 2 aromatic rings. The number of methoxy groups -OCH3 is 1. The Hall–Kier alpha value is -3.23. The molecular weight excluding hydrogens is 394 g/mol. The first-order valence-corrected chi connectivity index (χ1v) is 9.74. The minimum absolute atomic E-state index is 0.00533. The Labute approximate surface area is 175 Å². The molecule has 3 rings (SSSR count). The normalized spacial score (nSPS) is 14.6. The quantitative estimate of drug-likeness (QED) is 0.758. The van der Waals surface area contributed by atoms with Crippen molar-refractivity contribution in [3.8, 4) is 5.75 Å². The second-order valence-corrected chi connectivity index (χ2v) is 5.52. The number of pyridine rings is 1. The van der Waals surface area contributed by atoms with Gasteiger partial charge in [-0.1, -0.05) is 27.7 Å². The van der Waals surface area contributed by atoms with E-state index in [0.29, 0.717) is 12.2 Å². The largest absolute Gasteiger partial charge is 0.495 e. The zero-order valence-corrected chi connectivity index (χ0v) is 17.8. The van der Waals surface area contributed by atoms with E-state index >= 15 is 0 Å². The van der Waals surface area contributed by atoms with E-state index in [1.165, 1.54) is 25.4 Å². The van der Waals surface area contributed by atoms with Gasteiger partial charge < -0.3 is 20.5 Å². The van der Waals surface area contributed by atoms with Crippen LogP contribution in [0.5, 0.6) is 5.75 Å². The van der Waals surface area contributed by atoms with Crippen molar-refractivity contribution in [3.63, 3.8) is 0 Å². The van der Waals surface area contributed by atoms with E-state index in [0.717, 1.165) is 6.07 Å². The van der Waals surface area contributed by atoms with E-state index in [1.54, 1.807) is 6.07 Å². The smallest absolute Gasteiger partial charge is 0.282 e. The van der Waals surface area contributed by atoms with Crippen molar-refractivity contribution in [1.82, 2.24) is 4.98 Å². The van der Waals surface area contributed by atoms with Crippen molar-refractivity contribution in [1.29, 1.82) is 0 Å². The standard InChI is InChI=1S/C17H16F2N4O3.2C2H6/c1-25-10-2-3-14(21-8-10)16(24)22-9-6-11(15(19)12(18)7-9)13-4-5-26-17(20)23-13;2*1-2/h2-3,6-8,13H,4-5H2,1H3,(H2,20,23)(H,22,24);2*1-2H3. The number of rotatable bonds is 4. The Bertz CT molecular complexity index is 858. The predicted octanol–water partition coefficient (Wildman–Crippen LogP) is 4.45. The highest BCUT2D eigenvalue weighted by Crippen LogP contribution is 2.30. The molecule has 0 saturated heterocycles. The molecule has 9 heteroatoms. The van der Waals surface area contributed by atoms with Crippen molar-refractivity contribution >= 4 is 17.6 Å². The number of hydrogen-bond donors (Lipinski definition) is 2. The lowest BCUT2D eigenvalue weighted by molar-refractivity contribution is 0.102. The molecule has 2 heterocycles. The van der Waals surface area contributed by atoms with Crippen LogP contribution in [0.25, 0.3) is 0 Å². The molecule has 1 aromatic heterocycles. The molecule has 0 bridgehead atoms. The van der Waals surface area contributed by atoms with Crippen LogP contribution in [0, 0.1) is 11.6 Å². The lowest BCUT2D eigenvalue weighted by Gasteiger charge is -2.20. The third kappa shape index (κ3) is 6.40.